The smallest absolute Gasteiger partial charge is 0.256 e. The Hall–Kier alpha value is -0.300. The topological polar surface area (TPSA) is 39.3 Å². The highest BCUT2D eigenvalue weighted by Gasteiger charge is 2.16. The number of aryl methyl sites for hydroxylation is 1. The summed E-state index contributed by atoms with van der Waals surface area (Å²) < 4.78 is 3.84. The fraction of sp³-hybridized carbons (Fsp3) is 0.550. The number of hydrogen-bond donors (Lipinski definition) is 0. The van der Waals surface area contributed by atoms with Crippen molar-refractivity contribution in [1.82, 2.24) is 9.36 Å². The molecule has 0 aliphatic carbocycles. The standard InChI is InChI=1S/C19H27ClN3OPS.CH3I/c1-13-10-16(20)15(11-14(2)25(3,4)5)12-17(13)21-18-22-8-6-7-9-23(22)19(24)26-18;1-2/h10,12,14H,3,6-9,11H2,1-2,4-5H3;1H3. The molecule has 2 heterocycles. The van der Waals surface area contributed by atoms with E-state index in [0.29, 0.717) is 5.66 Å². The van der Waals surface area contributed by atoms with Crippen molar-refractivity contribution in [3.63, 3.8) is 0 Å². The predicted molar refractivity (Wildman–Crippen MR) is 136 cm³/mol. The Labute approximate surface area is 190 Å². The van der Waals surface area contributed by atoms with E-state index in [2.05, 4.69) is 55.2 Å². The number of rotatable bonds is 4. The van der Waals surface area contributed by atoms with E-state index in [4.69, 9.17) is 16.6 Å². The minimum absolute atomic E-state index is 0.0764. The van der Waals surface area contributed by atoms with Gasteiger partial charge in [0, 0.05) is 18.1 Å². The molecule has 156 valence electrons. The molecule has 4 nitrogen and oxygen atoms in total. The summed E-state index contributed by atoms with van der Waals surface area (Å²) in [5.41, 5.74) is 3.56. The van der Waals surface area contributed by atoms with Crippen molar-refractivity contribution in [3.05, 3.63) is 42.8 Å². The lowest BCUT2D eigenvalue weighted by Gasteiger charge is -2.23. The summed E-state index contributed by atoms with van der Waals surface area (Å²) in [4.78, 5) is 19.9. The Kier molecular flexibility index (Phi) is 8.68. The van der Waals surface area contributed by atoms with Crippen LogP contribution < -0.4 is 9.67 Å². The zero-order valence-electron chi connectivity index (χ0n) is 17.3. The van der Waals surface area contributed by atoms with E-state index in [0.717, 1.165) is 59.0 Å². The monoisotopic (exact) mass is 553 g/mol. The summed E-state index contributed by atoms with van der Waals surface area (Å²) in [5.74, 6) is 0. The Balaban J connectivity index is 0.00000136. The van der Waals surface area contributed by atoms with Crippen LogP contribution >= 0.6 is 52.4 Å². The van der Waals surface area contributed by atoms with Crippen molar-refractivity contribution in [3.8, 4) is 0 Å². The van der Waals surface area contributed by atoms with Crippen LogP contribution in [0.15, 0.2) is 21.9 Å². The number of nitrogens with zero attached hydrogens (tertiary/aromatic N) is 3. The molecule has 0 spiro atoms. The van der Waals surface area contributed by atoms with Gasteiger partial charge in [-0.15, -0.1) is 13.2 Å². The quantitative estimate of drug-likeness (QED) is 0.284. The largest absolute Gasteiger partial charge is 0.325 e. The zero-order valence-corrected chi connectivity index (χ0v) is 22.0. The average molecular weight is 554 g/mol. The van der Waals surface area contributed by atoms with E-state index < -0.39 is 6.89 Å². The van der Waals surface area contributed by atoms with Crippen LogP contribution in [0.2, 0.25) is 5.02 Å². The molecule has 0 saturated heterocycles. The fourth-order valence-electron chi connectivity index (χ4n) is 3.07. The maximum atomic E-state index is 12.2. The summed E-state index contributed by atoms with van der Waals surface area (Å²) in [5, 5.41) is 0.793. The number of hydrogen-bond acceptors (Lipinski definition) is 3. The lowest BCUT2D eigenvalue weighted by Crippen LogP contribution is -2.31. The van der Waals surface area contributed by atoms with E-state index in [1.807, 2.05) is 27.3 Å². The number of alkyl halides is 1. The van der Waals surface area contributed by atoms with Crippen LogP contribution in [-0.4, -0.2) is 39.6 Å². The van der Waals surface area contributed by atoms with Gasteiger partial charge >= 0.3 is 4.87 Å². The van der Waals surface area contributed by atoms with Gasteiger partial charge in [0.2, 0.25) is 4.80 Å². The maximum absolute atomic E-state index is 12.2. The molecule has 8 heteroatoms. The van der Waals surface area contributed by atoms with Crippen LogP contribution in [0.5, 0.6) is 0 Å². The predicted octanol–water partition coefficient (Wildman–Crippen LogP) is 5.39. The molecule has 1 atom stereocenters. The van der Waals surface area contributed by atoms with Crippen molar-refractivity contribution in [1.29, 1.82) is 0 Å². The summed E-state index contributed by atoms with van der Waals surface area (Å²) in [7, 11) is 0. The first-order chi connectivity index (χ1) is 13.2. The first-order valence-corrected chi connectivity index (χ1v) is 15.7. The van der Waals surface area contributed by atoms with Crippen LogP contribution in [0, 0.1) is 6.92 Å². The number of aromatic nitrogens is 2. The molecule has 0 saturated carbocycles. The second-order valence-electron chi connectivity index (χ2n) is 7.78. The van der Waals surface area contributed by atoms with E-state index in [1.54, 1.807) is 0 Å². The third kappa shape index (κ3) is 5.65. The zero-order chi connectivity index (χ0) is 21.1. The van der Waals surface area contributed by atoms with E-state index in [-0.39, 0.29) is 4.87 Å². The molecule has 1 aliphatic rings. The number of benzene rings is 1. The Morgan fingerprint density at radius 2 is 1.89 bits per heavy atom. The van der Waals surface area contributed by atoms with Gasteiger partial charge in [-0.3, -0.25) is 9.48 Å². The molecule has 0 N–H and O–H groups in total. The minimum atomic E-state index is -1.18. The Morgan fingerprint density at radius 3 is 2.50 bits per heavy atom. The Morgan fingerprint density at radius 1 is 1.29 bits per heavy atom. The van der Waals surface area contributed by atoms with Gasteiger partial charge in [-0.05, 0) is 84.7 Å². The van der Waals surface area contributed by atoms with Crippen molar-refractivity contribution >= 4 is 64.4 Å². The summed E-state index contributed by atoms with van der Waals surface area (Å²) >= 11 is 9.89. The maximum Gasteiger partial charge on any atom is 0.325 e. The molecule has 1 unspecified atom stereocenters. The number of fused-ring (bicyclic) bond motifs is 1. The molecular weight excluding hydrogens is 524 g/mol. The average Bonchev–Trinajstić information content (AvgIpc) is 2.96. The molecule has 0 radical (unpaired) electrons. The van der Waals surface area contributed by atoms with E-state index in [9.17, 15) is 4.79 Å². The molecule has 2 aromatic rings. The normalized spacial score (nSPS) is 15.6. The van der Waals surface area contributed by atoms with Crippen LogP contribution in [0.1, 0.15) is 30.9 Å². The molecule has 0 fully saturated rings. The second kappa shape index (κ2) is 10.1. The van der Waals surface area contributed by atoms with Crippen LogP contribution in [0.4, 0.5) is 5.69 Å². The van der Waals surface area contributed by atoms with Gasteiger partial charge in [-0.25, -0.2) is 9.67 Å². The van der Waals surface area contributed by atoms with Gasteiger partial charge in [0.25, 0.3) is 0 Å². The third-order valence-electron chi connectivity index (χ3n) is 5.18. The first-order valence-electron chi connectivity index (χ1n) is 9.37. The molecule has 28 heavy (non-hydrogen) atoms. The second-order valence-corrected chi connectivity index (χ2v) is 13.5. The highest BCUT2D eigenvalue weighted by atomic mass is 127. The molecule has 0 amide bonds. The lowest BCUT2D eigenvalue weighted by atomic mass is 10.1. The van der Waals surface area contributed by atoms with Crippen LogP contribution in [0.25, 0.3) is 0 Å². The van der Waals surface area contributed by atoms with Gasteiger partial charge in [0.05, 0.1) is 5.69 Å². The summed E-state index contributed by atoms with van der Waals surface area (Å²) in [6.45, 7) is 9.24. The van der Waals surface area contributed by atoms with Gasteiger partial charge in [-0.2, -0.15) is 0 Å². The molecule has 3 rings (SSSR count). The molecule has 1 aliphatic heterocycles. The van der Waals surface area contributed by atoms with E-state index >= 15 is 0 Å². The summed E-state index contributed by atoms with van der Waals surface area (Å²) in [6.07, 6.45) is 7.42. The fourth-order valence-corrected chi connectivity index (χ4v) is 4.94. The first kappa shape index (κ1) is 24.0. The lowest BCUT2D eigenvalue weighted by molar-refractivity contribution is 0.345. The van der Waals surface area contributed by atoms with Crippen LogP contribution in [-0.2, 0) is 19.5 Å². The van der Waals surface area contributed by atoms with Crippen molar-refractivity contribution < 1.29 is 0 Å². The van der Waals surface area contributed by atoms with Gasteiger partial charge in [-0.1, -0.05) is 41.1 Å². The van der Waals surface area contributed by atoms with Crippen molar-refractivity contribution in [2.75, 3.05) is 18.3 Å². The molecule has 1 aromatic heterocycles. The third-order valence-corrected chi connectivity index (χ3v) is 8.97. The summed E-state index contributed by atoms with van der Waals surface area (Å²) in [6, 6.07) is 4.08. The van der Waals surface area contributed by atoms with Crippen molar-refractivity contribution in [2.24, 2.45) is 4.99 Å². The Bertz CT molecular complexity index is 1000. The molecular formula is C20H30ClIN3OPS. The van der Waals surface area contributed by atoms with Gasteiger partial charge < -0.3 is 0 Å². The van der Waals surface area contributed by atoms with E-state index in [1.165, 1.54) is 11.3 Å². The van der Waals surface area contributed by atoms with Crippen LogP contribution in [0.3, 0.4) is 0 Å². The molecule has 1 aromatic carbocycles. The molecule has 0 bridgehead atoms. The number of halogens is 2. The SMILES string of the molecule is C=P(C)(C)C(C)Cc1cc(N=c2sc(=O)n3n2CCCC3)c(C)cc1Cl.CI. The minimum Gasteiger partial charge on any atom is -0.256 e. The highest BCUT2D eigenvalue weighted by molar-refractivity contribution is 14.1. The van der Waals surface area contributed by atoms with Gasteiger partial charge in [0.15, 0.2) is 0 Å². The van der Waals surface area contributed by atoms with Gasteiger partial charge in [0.1, 0.15) is 0 Å². The van der Waals surface area contributed by atoms with Crippen molar-refractivity contribution in [2.45, 2.75) is 51.9 Å². The highest BCUT2D eigenvalue weighted by Crippen LogP contribution is 2.44.